The van der Waals surface area contributed by atoms with E-state index in [1.807, 2.05) is 0 Å². The molecule has 1 heterocycles. The Bertz CT molecular complexity index is 1460. The molecule has 0 unspecified atom stereocenters. The number of halogens is 3. The number of hydrogen-bond acceptors (Lipinski definition) is 7. The second kappa shape index (κ2) is 8.44. The van der Waals surface area contributed by atoms with Gasteiger partial charge in [-0.1, -0.05) is 30.3 Å². The maximum absolute atomic E-state index is 13.1. The fourth-order valence-corrected chi connectivity index (χ4v) is 3.40. The van der Waals surface area contributed by atoms with Crippen LogP contribution in [0, 0.1) is 20.2 Å². The van der Waals surface area contributed by atoms with Crippen molar-refractivity contribution < 1.29 is 42.1 Å². The van der Waals surface area contributed by atoms with Crippen molar-refractivity contribution in [3.63, 3.8) is 0 Å². The van der Waals surface area contributed by atoms with Crippen LogP contribution in [0.1, 0.15) is 15.9 Å². The van der Waals surface area contributed by atoms with Crippen molar-refractivity contribution in [2.75, 3.05) is 0 Å². The summed E-state index contributed by atoms with van der Waals surface area (Å²) in [5.41, 5.74) is -3.91. The highest BCUT2D eigenvalue weighted by Gasteiger charge is 2.38. The van der Waals surface area contributed by atoms with Crippen molar-refractivity contribution in [1.82, 2.24) is 0 Å². The summed E-state index contributed by atoms with van der Waals surface area (Å²) >= 11 is 0. The fraction of sp³-hybridized carbons (Fsp3) is 0.0455. The van der Waals surface area contributed by atoms with Crippen LogP contribution in [0.3, 0.4) is 0 Å². The highest BCUT2D eigenvalue weighted by atomic mass is 19.4. The van der Waals surface area contributed by atoms with Crippen LogP contribution in [0.2, 0.25) is 0 Å². The van der Waals surface area contributed by atoms with Gasteiger partial charge in [-0.2, -0.15) is 13.2 Å². The molecule has 0 atom stereocenters. The Balaban J connectivity index is 1.89. The molecule has 4 aromatic rings. The van der Waals surface area contributed by atoms with Crippen LogP contribution in [0.5, 0.6) is 11.5 Å². The Hall–Kier alpha value is -4.94. The van der Waals surface area contributed by atoms with Crippen LogP contribution in [0.15, 0.2) is 65.1 Å². The van der Waals surface area contributed by atoms with E-state index in [0.29, 0.717) is 5.56 Å². The SMILES string of the molecule is O=C(O)c1c(-c2ccccc2)oc2ccc(Oc3c([N+](=O)[O-])cc(C(F)(F)F)cc3[N+](=O)[O-])cc12. The summed E-state index contributed by atoms with van der Waals surface area (Å²) in [6.07, 6.45) is -5.09. The van der Waals surface area contributed by atoms with E-state index in [1.165, 1.54) is 12.1 Å². The minimum atomic E-state index is -5.09. The van der Waals surface area contributed by atoms with E-state index in [1.54, 1.807) is 30.3 Å². The first-order chi connectivity index (χ1) is 16.5. The molecule has 0 bridgehead atoms. The number of fused-ring (bicyclic) bond motifs is 1. The molecule has 4 rings (SSSR count). The first kappa shape index (κ1) is 23.2. The Labute approximate surface area is 192 Å². The van der Waals surface area contributed by atoms with E-state index < -0.39 is 44.7 Å². The summed E-state index contributed by atoms with van der Waals surface area (Å²) in [4.78, 5) is 32.3. The third kappa shape index (κ3) is 4.34. The van der Waals surface area contributed by atoms with Crippen molar-refractivity contribution in [2.24, 2.45) is 0 Å². The molecular formula is C22H11F3N2O8. The largest absolute Gasteiger partial charge is 0.478 e. The minimum absolute atomic E-state index is 0.00562. The Kier molecular flexibility index (Phi) is 5.60. The zero-order valence-corrected chi connectivity index (χ0v) is 17.1. The van der Waals surface area contributed by atoms with Crippen LogP contribution in [-0.4, -0.2) is 20.9 Å². The number of benzene rings is 3. The zero-order chi connectivity index (χ0) is 25.5. The highest BCUT2D eigenvalue weighted by Crippen LogP contribution is 2.45. The van der Waals surface area contributed by atoms with Gasteiger partial charge in [0.05, 0.1) is 15.4 Å². The van der Waals surface area contributed by atoms with Crippen LogP contribution < -0.4 is 4.74 Å². The number of rotatable bonds is 6. The molecule has 0 fully saturated rings. The lowest BCUT2D eigenvalue weighted by molar-refractivity contribution is -0.396. The number of aromatic carboxylic acids is 1. The van der Waals surface area contributed by atoms with E-state index >= 15 is 0 Å². The van der Waals surface area contributed by atoms with Gasteiger partial charge >= 0.3 is 23.5 Å². The second-order valence-corrected chi connectivity index (χ2v) is 7.09. The Morgan fingerprint density at radius 2 is 1.54 bits per heavy atom. The summed E-state index contributed by atoms with van der Waals surface area (Å²) in [5.74, 6) is -2.70. The highest BCUT2D eigenvalue weighted by molar-refractivity contribution is 6.08. The normalized spacial score (nSPS) is 11.4. The van der Waals surface area contributed by atoms with Gasteiger partial charge in [-0.05, 0) is 18.2 Å². The molecule has 3 aromatic carbocycles. The van der Waals surface area contributed by atoms with Gasteiger partial charge in [0.25, 0.3) is 5.75 Å². The molecule has 35 heavy (non-hydrogen) atoms. The summed E-state index contributed by atoms with van der Waals surface area (Å²) in [6.45, 7) is 0. The molecule has 1 N–H and O–H groups in total. The van der Waals surface area contributed by atoms with E-state index in [4.69, 9.17) is 9.15 Å². The predicted molar refractivity (Wildman–Crippen MR) is 113 cm³/mol. The van der Waals surface area contributed by atoms with Crippen LogP contribution in [0.25, 0.3) is 22.3 Å². The van der Waals surface area contributed by atoms with Gasteiger partial charge in [0.1, 0.15) is 22.7 Å². The number of hydrogen-bond donors (Lipinski definition) is 1. The predicted octanol–water partition coefficient (Wildman–Crippen LogP) is 6.43. The van der Waals surface area contributed by atoms with Gasteiger partial charge in [-0.3, -0.25) is 20.2 Å². The number of carboxylic acid groups (broad SMARTS) is 1. The van der Waals surface area contributed by atoms with Crippen LogP contribution in [-0.2, 0) is 6.18 Å². The standard InChI is InChI=1S/C22H11F3N2O8/c23-22(24,25)12-8-15(26(30)31)20(16(9-12)27(32)33)34-13-6-7-17-14(10-13)18(21(28)29)19(35-17)11-4-2-1-3-5-11/h1-10H,(H,28,29). The van der Waals surface area contributed by atoms with E-state index in [0.717, 1.165) is 6.07 Å². The third-order valence-electron chi connectivity index (χ3n) is 4.90. The number of nitro benzene ring substituents is 2. The Morgan fingerprint density at radius 3 is 2.06 bits per heavy atom. The molecular weight excluding hydrogens is 477 g/mol. The molecule has 0 saturated carbocycles. The number of nitro groups is 2. The van der Waals surface area contributed by atoms with Crippen LogP contribution >= 0.6 is 0 Å². The molecule has 0 aliphatic heterocycles. The van der Waals surface area contributed by atoms with Gasteiger partial charge in [-0.15, -0.1) is 0 Å². The van der Waals surface area contributed by atoms with Gasteiger partial charge < -0.3 is 14.3 Å². The summed E-state index contributed by atoms with van der Waals surface area (Å²) in [7, 11) is 0. The molecule has 0 aliphatic rings. The Morgan fingerprint density at radius 1 is 0.943 bits per heavy atom. The lowest BCUT2D eigenvalue weighted by Gasteiger charge is -2.11. The average Bonchev–Trinajstić information content (AvgIpc) is 3.17. The van der Waals surface area contributed by atoms with Crippen LogP contribution in [0.4, 0.5) is 24.5 Å². The van der Waals surface area contributed by atoms with Crippen molar-refractivity contribution in [3.8, 4) is 22.8 Å². The van der Waals surface area contributed by atoms with E-state index in [2.05, 4.69) is 0 Å². The number of carbonyl (C=O) groups is 1. The molecule has 0 amide bonds. The summed E-state index contributed by atoms with van der Waals surface area (Å²) in [5, 5.41) is 32.6. The van der Waals surface area contributed by atoms with Gasteiger partial charge in [0.15, 0.2) is 0 Å². The molecule has 13 heteroatoms. The first-order valence-corrected chi connectivity index (χ1v) is 9.54. The quantitative estimate of drug-likeness (QED) is 0.241. The maximum atomic E-state index is 13.1. The van der Waals surface area contributed by atoms with Gasteiger partial charge in [0.2, 0.25) is 0 Å². The monoisotopic (exact) mass is 488 g/mol. The number of alkyl halides is 3. The molecule has 10 nitrogen and oxygen atoms in total. The molecule has 1 aromatic heterocycles. The van der Waals surface area contributed by atoms with E-state index in [-0.39, 0.29) is 40.2 Å². The van der Waals surface area contributed by atoms with Crippen molar-refractivity contribution >= 4 is 28.3 Å². The topological polar surface area (TPSA) is 146 Å². The molecule has 0 aliphatic carbocycles. The second-order valence-electron chi connectivity index (χ2n) is 7.09. The lowest BCUT2D eigenvalue weighted by atomic mass is 10.1. The van der Waals surface area contributed by atoms with Crippen molar-refractivity contribution in [2.45, 2.75) is 6.18 Å². The number of furan rings is 1. The maximum Gasteiger partial charge on any atom is 0.416 e. The molecule has 0 saturated heterocycles. The smallest absolute Gasteiger partial charge is 0.416 e. The molecule has 178 valence electrons. The summed E-state index contributed by atoms with van der Waals surface area (Å²) < 4.78 is 50.3. The lowest BCUT2D eigenvalue weighted by Crippen LogP contribution is -2.08. The minimum Gasteiger partial charge on any atom is -0.478 e. The van der Waals surface area contributed by atoms with Crippen molar-refractivity contribution in [1.29, 1.82) is 0 Å². The van der Waals surface area contributed by atoms with Gasteiger partial charge in [0, 0.05) is 23.1 Å². The molecule has 0 radical (unpaired) electrons. The summed E-state index contributed by atoms with van der Waals surface area (Å²) in [6, 6.07) is 12.0. The third-order valence-corrected chi connectivity index (χ3v) is 4.90. The first-order valence-electron chi connectivity index (χ1n) is 9.54. The zero-order valence-electron chi connectivity index (χ0n) is 17.1. The average molecular weight is 488 g/mol. The molecule has 0 spiro atoms. The number of ether oxygens (including phenoxy) is 1. The number of nitrogens with zero attached hydrogens (tertiary/aromatic N) is 2. The van der Waals surface area contributed by atoms with Crippen molar-refractivity contribution in [3.05, 3.63) is 92.0 Å². The van der Waals surface area contributed by atoms with Gasteiger partial charge in [-0.25, -0.2) is 4.79 Å². The number of carboxylic acids is 1. The fourth-order valence-electron chi connectivity index (χ4n) is 3.40. The van der Waals surface area contributed by atoms with E-state index in [9.17, 15) is 43.3 Å².